The van der Waals surface area contributed by atoms with Crippen LogP contribution in [0.25, 0.3) is 0 Å². The monoisotopic (exact) mass is 355 g/mol. The summed E-state index contributed by atoms with van der Waals surface area (Å²) in [4.78, 5) is 16.9. The van der Waals surface area contributed by atoms with Gasteiger partial charge in [-0.05, 0) is 36.1 Å². The van der Waals surface area contributed by atoms with E-state index in [2.05, 4.69) is 34.5 Å². The van der Waals surface area contributed by atoms with E-state index in [0.29, 0.717) is 16.8 Å². The van der Waals surface area contributed by atoms with Crippen LogP contribution < -0.4 is 5.32 Å². The van der Waals surface area contributed by atoms with Crippen LogP contribution >= 0.6 is 11.6 Å². The van der Waals surface area contributed by atoms with Gasteiger partial charge in [-0.3, -0.25) is 4.90 Å². The summed E-state index contributed by atoms with van der Waals surface area (Å²) in [5, 5.41) is 3.50. The molecular weight excluding hydrogens is 334 g/mol. The molecule has 2 aromatic carbocycles. The molecule has 2 aromatic rings. The number of anilines is 1. The van der Waals surface area contributed by atoms with Crippen molar-refractivity contribution in [2.24, 2.45) is 0 Å². The van der Waals surface area contributed by atoms with Gasteiger partial charge in [-0.25, -0.2) is 4.79 Å². The quantitative estimate of drug-likeness (QED) is 0.883. The highest BCUT2D eigenvalue weighted by Crippen LogP contribution is 2.26. The van der Waals surface area contributed by atoms with E-state index in [9.17, 15) is 4.79 Å². The molecular formula is C20H22ClN3O. The van der Waals surface area contributed by atoms with E-state index in [-0.39, 0.29) is 6.03 Å². The average molecular weight is 356 g/mol. The number of carbonyl (C=O) groups is 1. The molecule has 2 heterocycles. The van der Waals surface area contributed by atoms with Crippen LogP contribution in [0, 0.1) is 0 Å². The Morgan fingerprint density at radius 3 is 2.64 bits per heavy atom. The van der Waals surface area contributed by atoms with Gasteiger partial charge in [-0.2, -0.15) is 0 Å². The molecule has 2 aliphatic rings. The van der Waals surface area contributed by atoms with Crippen LogP contribution in [0.4, 0.5) is 10.5 Å². The molecule has 5 heteroatoms. The van der Waals surface area contributed by atoms with Gasteiger partial charge in [0.15, 0.2) is 0 Å². The summed E-state index contributed by atoms with van der Waals surface area (Å²) in [6.07, 6.45) is 2.12. The number of benzene rings is 2. The van der Waals surface area contributed by atoms with E-state index >= 15 is 0 Å². The normalized spacial score (nSPS) is 20.4. The third-order valence-electron chi connectivity index (χ3n) is 5.24. The van der Waals surface area contributed by atoms with E-state index in [0.717, 1.165) is 39.0 Å². The number of halogens is 1. The van der Waals surface area contributed by atoms with Gasteiger partial charge < -0.3 is 10.2 Å². The third kappa shape index (κ3) is 3.51. The third-order valence-corrected chi connectivity index (χ3v) is 5.57. The van der Waals surface area contributed by atoms with Gasteiger partial charge >= 0.3 is 6.03 Å². The van der Waals surface area contributed by atoms with E-state index in [1.54, 1.807) is 6.07 Å². The van der Waals surface area contributed by atoms with Crippen LogP contribution in [0.15, 0.2) is 48.5 Å². The predicted molar refractivity (Wildman–Crippen MR) is 101 cm³/mol. The molecule has 2 aliphatic heterocycles. The largest absolute Gasteiger partial charge is 0.323 e. The highest BCUT2D eigenvalue weighted by molar-refractivity contribution is 6.33. The smallest absolute Gasteiger partial charge is 0.321 e. The molecule has 0 saturated carbocycles. The van der Waals surface area contributed by atoms with Crippen molar-refractivity contribution < 1.29 is 4.79 Å². The van der Waals surface area contributed by atoms with E-state index in [4.69, 9.17) is 11.6 Å². The fourth-order valence-electron chi connectivity index (χ4n) is 3.81. The Labute approximate surface area is 153 Å². The maximum absolute atomic E-state index is 12.5. The Kier molecular flexibility index (Phi) is 4.64. The maximum Gasteiger partial charge on any atom is 0.321 e. The van der Waals surface area contributed by atoms with Gasteiger partial charge in [0.1, 0.15) is 0 Å². The van der Waals surface area contributed by atoms with Gasteiger partial charge in [-0.15, -0.1) is 0 Å². The molecule has 1 saturated heterocycles. The number of rotatable bonds is 2. The van der Waals surface area contributed by atoms with Gasteiger partial charge in [0.05, 0.1) is 10.7 Å². The summed E-state index contributed by atoms with van der Waals surface area (Å²) < 4.78 is 0. The molecule has 0 aliphatic carbocycles. The zero-order valence-corrected chi connectivity index (χ0v) is 14.9. The minimum absolute atomic E-state index is 0.0620. The minimum Gasteiger partial charge on any atom is -0.323 e. The first kappa shape index (κ1) is 16.4. The van der Waals surface area contributed by atoms with Crippen LogP contribution in [0.1, 0.15) is 17.5 Å². The van der Waals surface area contributed by atoms with Crippen molar-refractivity contribution in [2.75, 3.05) is 25.0 Å². The van der Waals surface area contributed by atoms with E-state index in [1.165, 1.54) is 11.1 Å². The molecule has 0 spiro atoms. The van der Waals surface area contributed by atoms with Crippen molar-refractivity contribution >= 4 is 23.3 Å². The summed E-state index contributed by atoms with van der Waals surface area (Å²) in [5.41, 5.74) is 3.56. The molecule has 4 rings (SSSR count). The lowest BCUT2D eigenvalue weighted by molar-refractivity contribution is 0.177. The maximum atomic E-state index is 12.5. The molecule has 130 valence electrons. The van der Waals surface area contributed by atoms with Crippen molar-refractivity contribution in [3.05, 3.63) is 64.7 Å². The molecule has 1 fully saturated rings. The van der Waals surface area contributed by atoms with Crippen molar-refractivity contribution in [3.8, 4) is 0 Å². The lowest BCUT2D eigenvalue weighted by Gasteiger charge is -2.33. The number of fused-ring (bicyclic) bond motifs is 1. The van der Waals surface area contributed by atoms with Crippen molar-refractivity contribution in [1.82, 2.24) is 9.80 Å². The number of hydrogen-bond acceptors (Lipinski definition) is 2. The van der Waals surface area contributed by atoms with Crippen LogP contribution in [-0.2, 0) is 13.0 Å². The Morgan fingerprint density at radius 1 is 1.04 bits per heavy atom. The van der Waals surface area contributed by atoms with Gasteiger partial charge in [0.2, 0.25) is 0 Å². The second kappa shape index (κ2) is 7.06. The standard InChI is InChI=1S/C20H22ClN3O/c21-18-7-3-4-8-19(18)22-20(25)24-12-10-17(14-24)23-11-9-15-5-1-2-6-16(15)13-23/h1-8,17H,9-14H2,(H,22,25). The summed E-state index contributed by atoms with van der Waals surface area (Å²) in [7, 11) is 0. The SMILES string of the molecule is O=C(Nc1ccccc1Cl)N1CCC(N2CCc3ccccc3C2)C1. The topological polar surface area (TPSA) is 35.6 Å². The zero-order valence-electron chi connectivity index (χ0n) is 14.1. The number of amides is 2. The van der Waals surface area contributed by atoms with Crippen molar-refractivity contribution in [1.29, 1.82) is 0 Å². The van der Waals surface area contributed by atoms with Gasteiger partial charge in [0.25, 0.3) is 0 Å². The molecule has 1 N–H and O–H groups in total. The van der Waals surface area contributed by atoms with E-state index < -0.39 is 0 Å². The number of hydrogen-bond donors (Lipinski definition) is 1. The molecule has 0 bridgehead atoms. The molecule has 25 heavy (non-hydrogen) atoms. The lowest BCUT2D eigenvalue weighted by Crippen LogP contribution is -2.42. The second-order valence-corrected chi connectivity index (χ2v) is 7.19. The summed E-state index contributed by atoms with van der Waals surface area (Å²) in [6.45, 7) is 3.63. The van der Waals surface area contributed by atoms with Gasteiger partial charge in [0, 0.05) is 32.2 Å². The number of para-hydroxylation sites is 1. The number of nitrogens with one attached hydrogen (secondary N) is 1. The Balaban J connectivity index is 1.37. The highest BCUT2D eigenvalue weighted by Gasteiger charge is 2.32. The van der Waals surface area contributed by atoms with Crippen LogP contribution in [0.3, 0.4) is 0 Å². The van der Waals surface area contributed by atoms with Crippen LogP contribution in [0.5, 0.6) is 0 Å². The fraction of sp³-hybridized carbons (Fsp3) is 0.350. The predicted octanol–water partition coefficient (Wildman–Crippen LogP) is 4.00. The fourth-order valence-corrected chi connectivity index (χ4v) is 3.99. The first-order valence-corrected chi connectivity index (χ1v) is 9.20. The molecule has 4 nitrogen and oxygen atoms in total. The van der Waals surface area contributed by atoms with Crippen molar-refractivity contribution in [3.63, 3.8) is 0 Å². The lowest BCUT2D eigenvalue weighted by atomic mass is 9.98. The summed E-state index contributed by atoms with van der Waals surface area (Å²) in [6, 6.07) is 16.4. The number of nitrogens with zero attached hydrogens (tertiary/aromatic N) is 2. The first-order chi connectivity index (χ1) is 12.2. The minimum atomic E-state index is -0.0620. The molecule has 2 amide bonds. The van der Waals surface area contributed by atoms with Gasteiger partial charge in [-0.1, -0.05) is 48.0 Å². The van der Waals surface area contributed by atoms with E-state index in [1.807, 2.05) is 23.1 Å². The Hall–Kier alpha value is -2.04. The highest BCUT2D eigenvalue weighted by atomic mass is 35.5. The van der Waals surface area contributed by atoms with Crippen LogP contribution in [-0.4, -0.2) is 41.5 Å². The summed E-state index contributed by atoms with van der Waals surface area (Å²) >= 11 is 6.13. The number of likely N-dealkylation sites (tertiary alicyclic amines) is 1. The first-order valence-electron chi connectivity index (χ1n) is 8.82. The Bertz CT molecular complexity index is 779. The molecule has 0 aromatic heterocycles. The zero-order chi connectivity index (χ0) is 17.2. The molecule has 1 atom stereocenters. The van der Waals surface area contributed by atoms with Crippen LogP contribution in [0.2, 0.25) is 5.02 Å². The average Bonchev–Trinajstić information content (AvgIpc) is 3.13. The molecule has 1 unspecified atom stereocenters. The number of urea groups is 1. The summed E-state index contributed by atoms with van der Waals surface area (Å²) in [5.74, 6) is 0. The number of carbonyl (C=O) groups excluding carboxylic acids is 1. The molecule has 0 radical (unpaired) electrons. The second-order valence-electron chi connectivity index (χ2n) is 6.79. The van der Waals surface area contributed by atoms with Crippen molar-refractivity contribution in [2.45, 2.75) is 25.4 Å². The Morgan fingerprint density at radius 2 is 1.80 bits per heavy atom.